The van der Waals surface area contributed by atoms with Crippen molar-refractivity contribution < 1.29 is 24.2 Å². The van der Waals surface area contributed by atoms with E-state index in [4.69, 9.17) is 17.0 Å². The first-order valence-electron chi connectivity index (χ1n) is 14.0. The van der Waals surface area contributed by atoms with Crippen LogP contribution in [0.2, 0.25) is 0 Å². The molecule has 44 heavy (non-hydrogen) atoms. The highest BCUT2D eigenvalue weighted by atomic mass is 32.2. The number of hydrogen-bond donors (Lipinski definition) is 1. The fourth-order valence-electron chi connectivity index (χ4n) is 4.82. The zero-order valence-electron chi connectivity index (χ0n) is 24.0. The summed E-state index contributed by atoms with van der Waals surface area (Å²) in [5, 5.41) is 9.19. The molecule has 4 aromatic carbocycles. The Morgan fingerprint density at radius 3 is 2.18 bits per heavy atom. The summed E-state index contributed by atoms with van der Waals surface area (Å²) >= 11 is 6.29. The summed E-state index contributed by atoms with van der Waals surface area (Å²) in [4.78, 5) is 41.9. The maximum atomic E-state index is 14.5. The highest BCUT2D eigenvalue weighted by Crippen LogP contribution is 2.34. The van der Waals surface area contributed by atoms with Crippen LogP contribution in [0.5, 0.6) is 5.75 Å². The van der Waals surface area contributed by atoms with Crippen molar-refractivity contribution in [3.63, 3.8) is 0 Å². The average Bonchev–Trinajstić information content (AvgIpc) is 3.30. The number of benzene rings is 4. The molecule has 1 atom stereocenters. The average molecular weight is 623 g/mol. The van der Waals surface area contributed by atoms with Crippen LogP contribution in [0.1, 0.15) is 45.6 Å². The molecule has 0 aromatic heterocycles. The topological polar surface area (TPSA) is 87.2 Å². The van der Waals surface area contributed by atoms with Gasteiger partial charge in [0.15, 0.2) is 0 Å². The number of thiocarbonyl (C=S) groups is 1. The summed E-state index contributed by atoms with van der Waals surface area (Å²) in [6.07, 6.45) is 1.63. The molecule has 0 saturated carbocycles. The summed E-state index contributed by atoms with van der Waals surface area (Å²) < 4.78 is 6.39. The van der Waals surface area contributed by atoms with Crippen molar-refractivity contribution in [1.82, 2.24) is 9.80 Å². The molecule has 1 aliphatic rings. The molecule has 1 saturated heterocycles. The van der Waals surface area contributed by atoms with Crippen LogP contribution in [0.3, 0.4) is 0 Å². The predicted molar refractivity (Wildman–Crippen MR) is 176 cm³/mol. The Hall–Kier alpha value is -4.73. The highest BCUT2D eigenvalue weighted by molar-refractivity contribution is 8.26. The number of nitrogens with zero attached hydrogens (tertiary/aromatic N) is 2. The molecule has 7 nitrogen and oxygen atoms in total. The number of amides is 2. The third-order valence-electron chi connectivity index (χ3n) is 7.14. The SMILES string of the molecule is CC(c1ccccc1)N(Cc1ccccc1)C(=O)c1cc(/C=C2\SC(=S)N(CC(=O)O)C2=O)ccc1OCc1ccccc1. The van der Waals surface area contributed by atoms with Crippen molar-refractivity contribution in [2.45, 2.75) is 26.1 Å². The second kappa shape index (κ2) is 14.2. The molecule has 0 bridgehead atoms. The molecule has 1 aliphatic heterocycles. The molecule has 2 amide bonds. The number of ether oxygens (including phenoxy) is 1. The van der Waals surface area contributed by atoms with E-state index in [9.17, 15) is 19.5 Å². The van der Waals surface area contributed by atoms with Gasteiger partial charge in [0.1, 0.15) is 23.2 Å². The number of hydrogen-bond acceptors (Lipinski definition) is 6. The van der Waals surface area contributed by atoms with Gasteiger partial charge in [-0.15, -0.1) is 0 Å². The molecule has 4 aromatic rings. The minimum Gasteiger partial charge on any atom is -0.488 e. The molecule has 1 unspecified atom stereocenters. The van der Waals surface area contributed by atoms with Crippen LogP contribution in [0, 0.1) is 0 Å². The largest absolute Gasteiger partial charge is 0.488 e. The van der Waals surface area contributed by atoms with Gasteiger partial charge in [0.05, 0.1) is 16.5 Å². The lowest BCUT2D eigenvalue weighted by Gasteiger charge is -2.30. The fourth-order valence-corrected chi connectivity index (χ4v) is 6.07. The lowest BCUT2D eigenvalue weighted by Crippen LogP contribution is -2.33. The van der Waals surface area contributed by atoms with Gasteiger partial charge in [0.2, 0.25) is 0 Å². The van der Waals surface area contributed by atoms with E-state index in [1.807, 2.05) is 103 Å². The van der Waals surface area contributed by atoms with Crippen LogP contribution in [-0.4, -0.2) is 43.6 Å². The van der Waals surface area contributed by atoms with Crippen LogP contribution < -0.4 is 4.74 Å². The number of rotatable bonds is 11. The fraction of sp³-hybridized carbons (Fsp3) is 0.143. The minimum absolute atomic E-state index is 0.175. The number of carbonyl (C=O) groups excluding carboxylic acids is 2. The molecule has 1 N–H and O–H groups in total. The van der Waals surface area contributed by atoms with Crippen LogP contribution in [0.25, 0.3) is 6.08 Å². The first kappa shape index (κ1) is 30.7. The monoisotopic (exact) mass is 622 g/mol. The maximum Gasteiger partial charge on any atom is 0.323 e. The van der Waals surface area contributed by atoms with E-state index in [1.54, 1.807) is 24.3 Å². The zero-order chi connectivity index (χ0) is 31.1. The van der Waals surface area contributed by atoms with Gasteiger partial charge in [0.25, 0.3) is 11.8 Å². The Labute approximate surface area is 265 Å². The van der Waals surface area contributed by atoms with E-state index in [0.29, 0.717) is 23.4 Å². The number of aliphatic carboxylic acids is 1. The normalized spacial score (nSPS) is 14.5. The summed E-state index contributed by atoms with van der Waals surface area (Å²) in [5.74, 6) is -1.46. The third kappa shape index (κ3) is 7.42. The Morgan fingerprint density at radius 2 is 1.55 bits per heavy atom. The summed E-state index contributed by atoms with van der Waals surface area (Å²) in [7, 11) is 0. The van der Waals surface area contributed by atoms with Crippen LogP contribution in [0.15, 0.2) is 114 Å². The van der Waals surface area contributed by atoms with Gasteiger partial charge in [-0.2, -0.15) is 0 Å². The molecule has 0 aliphatic carbocycles. The van der Waals surface area contributed by atoms with Gasteiger partial charge in [-0.1, -0.05) is 121 Å². The smallest absolute Gasteiger partial charge is 0.323 e. The molecule has 222 valence electrons. The Balaban J connectivity index is 1.54. The second-order valence-corrected chi connectivity index (χ2v) is 11.9. The van der Waals surface area contributed by atoms with Crippen LogP contribution in [0.4, 0.5) is 0 Å². The Kier molecular flexibility index (Phi) is 9.89. The van der Waals surface area contributed by atoms with E-state index in [0.717, 1.165) is 33.4 Å². The van der Waals surface area contributed by atoms with Crippen molar-refractivity contribution in [2.24, 2.45) is 0 Å². The molecule has 1 fully saturated rings. The number of carbonyl (C=O) groups is 3. The van der Waals surface area contributed by atoms with Gasteiger partial charge in [-0.25, -0.2) is 0 Å². The zero-order valence-corrected chi connectivity index (χ0v) is 25.6. The molecule has 0 spiro atoms. The van der Waals surface area contributed by atoms with Crippen molar-refractivity contribution in [2.75, 3.05) is 6.54 Å². The van der Waals surface area contributed by atoms with E-state index in [1.165, 1.54) is 0 Å². The minimum atomic E-state index is -1.15. The molecule has 0 radical (unpaired) electrons. The van der Waals surface area contributed by atoms with Gasteiger partial charge >= 0.3 is 5.97 Å². The Bertz CT molecular complexity index is 1690. The van der Waals surface area contributed by atoms with Crippen molar-refractivity contribution in [1.29, 1.82) is 0 Å². The van der Waals surface area contributed by atoms with Crippen molar-refractivity contribution >= 4 is 52.2 Å². The first-order chi connectivity index (χ1) is 21.3. The first-order valence-corrected chi connectivity index (χ1v) is 15.2. The quantitative estimate of drug-likeness (QED) is 0.143. The third-order valence-corrected chi connectivity index (χ3v) is 8.52. The molecule has 1 heterocycles. The lowest BCUT2D eigenvalue weighted by molar-refractivity contribution is -0.140. The van der Waals surface area contributed by atoms with E-state index < -0.39 is 18.4 Å². The van der Waals surface area contributed by atoms with E-state index >= 15 is 0 Å². The highest BCUT2D eigenvalue weighted by Gasteiger charge is 2.33. The maximum absolute atomic E-state index is 14.5. The summed E-state index contributed by atoms with van der Waals surface area (Å²) in [6, 6.07) is 34.3. The standard InChI is InChI=1S/C35H30N2O5S2/c1-24(28-15-9-4-10-16-28)36(21-25-11-5-2-6-12-25)33(40)29-19-27(17-18-30(29)42-23-26-13-7-3-8-14-26)20-31-34(41)37(22-32(38)39)35(43)44-31/h2-20,24H,21-23H2,1H3,(H,38,39)/b31-20-. The van der Waals surface area contributed by atoms with Gasteiger partial charge in [0, 0.05) is 6.54 Å². The summed E-state index contributed by atoms with van der Waals surface area (Å²) in [5.41, 5.74) is 3.85. The van der Waals surface area contributed by atoms with Crippen molar-refractivity contribution in [3.8, 4) is 5.75 Å². The van der Waals surface area contributed by atoms with Gasteiger partial charge in [-0.3, -0.25) is 19.3 Å². The molecule has 9 heteroatoms. The van der Waals surface area contributed by atoms with E-state index in [2.05, 4.69) is 0 Å². The molecule has 5 rings (SSSR count). The van der Waals surface area contributed by atoms with E-state index in [-0.39, 0.29) is 27.8 Å². The number of carboxylic acids is 1. The second-order valence-electron chi connectivity index (χ2n) is 10.2. The Morgan fingerprint density at radius 1 is 0.932 bits per heavy atom. The van der Waals surface area contributed by atoms with Crippen molar-refractivity contribution in [3.05, 3.63) is 142 Å². The van der Waals surface area contributed by atoms with Gasteiger partial charge < -0.3 is 14.7 Å². The lowest BCUT2D eigenvalue weighted by atomic mass is 10.0. The molecular formula is C35H30N2O5S2. The number of thioether (sulfide) groups is 1. The van der Waals surface area contributed by atoms with Gasteiger partial charge in [-0.05, 0) is 47.4 Å². The summed E-state index contributed by atoms with van der Waals surface area (Å²) in [6.45, 7) is 2.12. The van der Waals surface area contributed by atoms with Crippen LogP contribution >= 0.6 is 24.0 Å². The predicted octanol–water partition coefficient (Wildman–Crippen LogP) is 6.96. The number of carboxylic acid groups (broad SMARTS) is 1. The molecular weight excluding hydrogens is 593 g/mol. The van der Waals surface area contributed by atoms with Crippen LogP contribution in [-0.2, 0) is 22.7 Å².